The van der Waals surface area contributed by atoms with Crippen LogP contribution >= 0.6 is 11.8 Å². The van der Waals surface area contributed by atoms with Crippen LogP contribution in [-0.2, 0) is 27.8 Å². The van der Waals surface area contributed by atoms with Crippen molar-refractivity contribution in [2.24, 2.45) is 0 Å². The van der Waals surface area contributed by atoms with Crippen molar-refractivity contribution in [3.63, 3.8) is 0 Å². The zero-order valence-corrected chi connectivity index (χ0v) is 20.0. The van der Waals surface area contributed by atoms with Crippen LogP contribution in [0, 0.1) is 13.8 Å². The van der Waals surface area contributed by atoms with Crippen LogP contribution in [0.2, 0.25) is 0 Å². The lowest BCUT2D eigenvalue weighted by molar-refractivity contribution is -0.121. The summed E-state index contributed by atoms with van der Waals surface area (Å²) in [5.41, 5.74) is 2.68. The first kappa shape index (κ1) is 24.3. The minimum Gasteiger partial charge on any atom is -0.352 e. The van der Waals surface area contributed by atoms with Crippen LogP contribution in [0.4, 0.5) is 0 Å². The Labute approximate surface area is 183 Å². The van der Waals surface area contributed by atoms with Gasteiger partial charge >= 0.3 is 0 Å². The minimum atomic E-state index is -3.69. The van der Waals surface area contributed by atoms with E-state index in [2.05, 4.69) is 20.0 Å². The molecule has 0 aliphatic rings. The van der Waals surface area contributed by atoms with E-state index in [1.165, 1.54) is 11.8 Å². The number of nitrogens with zero attached hydrogens (tertiary/aromatic N) is 2. The van der Waals surface area contributed by atoms with Crippen molar-refractivity contribution >= 4 is 27.7 Å². The largest absolute Gasteiger partial charge is 0.352 e. The van der Waals surface area contributed by atoms with Crippen molar-refractivity contribution in [1.29, 1.82) is 0 Å². The van der Waals surface area contributed by atoms with Gasteiger partial charge in [-0.1, -0.05) is 30.0 Å². The topological polar surface area (TPSA) is 101 Å². The van der Waals surface area contributed by atoms with E-state index < -0.39 is 15.6 Å². The number of hydrogen-bond acceptors (Lipinski definition) is 6. The average molecular weight is 451 g/mol. The van der Waals surface area contributed by atoms with Gasteiger partial charge in [0.05, 0.1) is 4.90 Å². The molecule has 2 rings (SSSR count). The van der Waals surface area contributed by atoms with Gasteiger partial charge in [0.25, 0.3) is 0 Å². The molecule has 2 N–H and O–H groups in total. The molecule has 0 saturated heterocycles. The van der Waals surface area contributed by atoms with Crippen molar-refractivity contribution in [3.8, 4) is 0 Å². The summed E-state index contributed by atoms with van der Waals surface area (Å²) in [6.45, 7) is 9.34. The number of benzene rings is 1. The summed E-state index contributed by atoms with van der Waals surface area (Å²) in [4.78, 5) is 21.5. The lowest BCUT2D eigenvalue weighted by Gasteiger charge is -2.21. The monoisotopic (exact) mass is 450 g/mol. The van der Waals surface area contributed by atoms with E-state index in [9.17, 15) is 13.2 Å². The molecule has 7 nitrogen and oxygen atoms in total. The summed E-state index contributed by atoms with van der Waals surface area (Å²) < 4.78 is 28.1. The molecule has 0 fully saturated rings. The molecule has 0 spiro atoms. The van der Waals surface area contributed by atoms with Gasteiger partial charge in [-0.2, -0.15) is 0 Å². The molecule has 0 saturated carbocycles. The normalized spacial score (nSPS) is 12.1. The number of nitrogens with one attached hydrogen (secondary N) is 2. The molecule has 0 bridgehead atoms. The molecule has 2 aromatic rings. The Balaban J connectivity index is 2.04. The molecule has 30 heavy (non-hydrogen) atoms. The fourth-order valence-corrected chi connectivity index (χ4v) is 5.17. The number of carbonyl (C=O) groups is 1. The van der Waals surface area contributed by atoms with Gasteiger partial charge < -0.3 is 5.32 Å². The van der Waals surface area contributed by atoms with Crippen LogP contribution in [0.15, 0.2) is 34.3 Å². The zero-order chi connectivity index (χ0) is 22.5. The summed E-state index contributed by atoms with van der Waals surface area (Å²) >= 11 is 1.49. The average Bonchev–Trinajstić information content (AvgIpc) is 2.63. The quantitative estimate of drug-likeness (QED) is 0.473. The molecule has 1 aromatic carbocycles. The summed E-state index contributed by atoms with van der Waals surface area (Å²) in [5.74, 6) is -0.154. The Bertz CT molecular complexity index is 992. The van der Waals surface area contributed by atoms with Crippen molar-refractivity contribution in [2.45, 2.75) is 69.6 Å². The van der Waals surface area contributed by atoms with Crippen molar-refractivity contribution < 1.29 is 13.2 Å². The lowest BCUT2D eigenvalue weighted by atomic mass is 10.1. The van der Waals surface area contributed by atoms with Gasteiger partial charge in [0.15, 0.2) is 5.16 Å². The molecule has 0 aliphatic carbocycles. The lowest BCUT2D eigenvalue weighted by Crippen LogP contribution is -2.41. The Hall–Kier alpha value is -1.97. The first-order valence-electron chi connectivity index (χ1n) is 9.69. The highest BCUT2D eigenvalue weighted by molar-refractivity contribution is 7.98. The maximum atomic E-state index is 12.7. The minimum absolute atomic E-state index is 0.139. The third kappa shape index (κ3) is 6.78. The van der Waals surface area contributed by atoms with E-state index in [0.29, 0.717) is 12.0 Å². The predicted octanol–water partition coefficient (Wildman–Crippen LogP) is 3.14. The number of thioether (sulfide) groups is 1. The molecule has 0 aliphatic heterocycles. The molecular formula is C21H30N4O3S2. The third-order valence-corrected chi connectivity index (χ3v) is 6.77. The third-order valence-electron chi connectivity index (χ3n) is 4.36. The second-order valence-corrected chi connectivity index (χ2v) is 10.5. The Morgan fingerprint density at radius 1 is 1.10 bits per heavy atom. The molecule has 164 valence electrons. The van der Waals surface area contributed by atoms with Gasteiger partial charge in [0.1, 0.15) is 0 Å². The molecular weight excluding hydrogens is 420 g/mol. The van der Waals surface area contributed by atoms with Crippen LogP contribution in [0.1, 0.15) is 49.7 Å². The molecule has 0 radical (unpaired) electrons. The van der Waals surface area contributed by atoms with Crippen LogP contribution in [0.3, 0.4) is 0 Å². The van der Waals surface area contributed by atoms with Crippen LogP contribution in [0.5, 0.6) is 0 Å². The van der Waals surface area contributed by atoms with Gasteiger partial charge in [-0.25, -0.2) is 23.1 Å². The second kappa shape index (κ2) is 9.89. The highest BCUT2D eigenvalue weighted by Crippen LogP contribution is 2.19. The molecule has 1 heterocycles. The predicted molar refractivity (Wildman–Crippen MR) is 120 cm³/mol. The van der Waals surface area contributed by atoms with Gasteiger partial charge in [-0.3, -0.25) is 4.79 Å². The Kier molecular flexibility index (Phi) is 8.01. The Morgan fingerprint density at radius 3 is 2.27 bits per heavy atom. The number of aromatic nitrogens is 2. The zero-order valence-electron chi connectivity index (χ0n) is 18.4. The van der Waals surface area contributed by atoms with Crippen molar-refractivity contribution in [3.05, 3.63) is 46.8 Å². The number of carbonyl (C=O) groups excluding carboxylic acids is 1. The maximum Gasteiger partial charge on any atom is 0.241 e. The van der Waals surface area contributed by atoms with Crippen LogP contribution < -0.4 is 10.0 Å². The number of amides is 1. The first-order valence-corrected chi connectivity index (χ1v) is 12.4. The smallest absolute Gasteiger partial charge is 0.241 e. The van der Waals surface area contributed by atoms with E-state index in [0.717, 1.165) is 22.1 Å². The SMILES string of the molecule is CSc1nc(C)c(CCC(=O)NCc2ccccc2S(=O)(=O)NC(C)(C)C)c(C)n1. The van der Waals surface area contributed by atoms with E-state index in [1.807, 2.05) is 20.1 Å². The fraction of sp³-hybridized carbons (Fsp3) is 0.476. The highest BCUT2D eigenvalue weighted by atomic mass is 32.2. The van der Waals surface area contributed by atoms with Gasteiger partial charge in [-0.15, -0.1) is 0 Å². The maximum absolute atomic E-state index is 12.7. The Morgan fingerprint density at radius 2 is 1.70 bits per heavy atom. The second-order valence-electron chi connectivity index (χ2n) is 8.10. The number of rotatable bonds is 8. The van der Waals surface area contributed by atoms with Gasteiger partial charge in [-0.05, 0) is 64.5 Å². The standard InChI is InChI=1S/C21H30N4O3S2/c1-14-17(15(2)24-20(23-14)29-6)11-12-19(26)22-13-16-9-7-8-10-18(16)30(27,28)25-21(3,4)5/h7-10,25H,11-13H2,1-6H3,(H,22,26). The van der Waals surface area contributed by atoms with Gasteiger partial charge in [0, 0.05) is 29.9 Å². The summed E-state index contributed by atoms with van der Waals surface area (Å²) in [5, 5.41) is 3.55. The summed E-state index contributed by atoms with van der Waals surface area (Å²) in [6, 6.07) is 6.69. The van der Waals surface area contributed by atoms with E-state index in [-0.39, 0.29) is 23.8 Å². The highest BCUT2D eigenvalue weighted by Gasteiger charge is 2.24. The molecule has 0 atom stereocenters. The van der Waals surface area contributed by atoms with Gasteiger partial charge in [0.2, 0.25) is 15.9 Å². The number of aryl methyl sites for hydroxylation is 2. The van der Waals surface area contributed by atoms with Crippen LogP contribution in [0.25, 0.3) is 0 Å². The number of hydrogen-bond donors (Lipinski definition) is 2. The summed E-state index contributed by atoms with van der Waals surface area (Å²) in [6.07, 6.45) is 2.74. The van der Waals surface area contributed by atoms with Crippen molar-refractivity contribution in [1.82, 2.24) is 20.0 Å². The van der Waals surface area contributed by atoms with Crippen LogP contribution in [-0.4, -0.2) is 36.1 Å². The van der Waals surface area contributed by atoms with E-state index >= 15 is 0 Å². The summed E-state index contributed by atoms with van der Waals surface area (Å²) in [7, 11) is -3.69. The molecule has 1 amide bonds. The fourth-order valence-electron chi connectivity index (χ4n) is 3.05. The molecule has 1 aromatic heterocycles. The van der Waals surface area contributed by atoms with E-state index in [4.69, 9.17) is 0 Å². The van der Waals surface area contributed by atoms with Crippen molar-refractivity contribution in [2.75, 3.05) is 6.26 Å². The van der Waals surface area contributed by atoms with E-state index in [1.54, 1.807) is 45.0 Å². The first-order chi connectivity index (χ1) is 13.9. The number of sulfonamides is 1. The molecule has 0 unspecified atom stereocenters. The molecule has 9 heteroatoms.